The maximum Gasteiger partial charge on any atom is 0.115 e. The summed E-state index contributed by atoms with van der Waals surface area (Å²) in [5.41, 5.74) is 1.13. The van der Waals surface area contributed by atoms with Gasteiger partial charge in [-0.3, -0.25) is 0 Å². The zero-order chi connectivity index (χ0) is 8.81. The van der Waals surface area contributed by atoms with Crippen molar-refractivity contribution < 1.29 is 5.11 Å². The van der Waals surface area contributed by atoms with E-state index in [1.807, 2.05) is 12.1 Å². The van der Waals surface area contributed by atoms with Gasteiger partial charge in [-0.05, 0) is 30.7 Å². The molecule has 0 atom stereocenters. The fraction of sp³-hybridized carbons (Fsp3) is 0.400. The minimum absolute atomic E-state index is 0.339. The van der Waals surface area contributed by atoms with Crippen molar-refractivity contribution in [2.75, 3.05) is 6.54 Å². The fourth-order valence-corrected chi connectivity index (χ4v) is 1.08. The third-order valence-corrected chi connectivity index (χ3v) is 1.67. The second kappa shape index (κ2) is 4.78. The van der Waals surface area contributed by atoms with Crippen LogP contribution in [0.15, 0.2) is 24.3 Å². The van der Waals surface area contributed by atoms with Crippen LogP contribution in [-0.4, -0.2) is 11.7 Å². The van der Waals surface area contributed by atoms with Gasteiger partial charge in [0.05, 0.1) is 0 Å². The molecule has 2 nitrogen and oxygen atoms in total. The third kappa shape index (κ3) is 2.93. The lowest BCUT2D eigenvalue weighted by molar-refractivity contribution is 0.474. The molecule has 12 heavy (non-hydrogen) atoms. The predicted molar refractivity (Wildman–Crippen MR) is 50.1 cm³/mol. The number of phenolic OH excluding ortho intramolecular Hbond substituents is 1. The predicted octanol–water partition coefficient (Wildman–Crippen LogP) is 1.89. The average molecular weight is 165 g/mol. The summed E-state index contributed by atoms with van der Waals surface area (Å²) >= 11 is 0. The Morgan fingerprint density at radius 1 is 1.42 bits per heavy atom. The van der Waals surface area contributed by atoms with Crippen LogP contribution in [0.5, 0.6) is 5.75 Å². The van der Waals surface area contributed by atoms with Crippen LogP contribution < -0.4 is 5.32 Å². The van der Waals surface area contributed by atoms with Crippen LogP contribution in [0.4, 0.5) is 0 Å². The zero-order valence-corrected chi connectivity index (χ0v) is 7.38. The molecule has 1 aromatic rings. The SMILES string of the molecule is CCCNCc1cccc(O)c1. The molecule has 0 spiro atoms. The Kier molecular flexibility index (Phi) is 3.61. The van der Waals surface area contributed by atoms with Crippen LogP contribution in [0.25, 0.3) is 0 Å². The van der Waals surface area contributed by atoms with Gasteiger partial charge in [-0.1, -0.05) is 19.1 Å². The normalized spacial score (nSPS) is 10.1. The molecule has 0 radical (unpaired) electrons. The number of benzene rings is 1. The van der Waals surface area contributed by atoms with Crippen LogP contribution in [0.2, 0.25) is 0 Å². The van der Waals surface area contributed by atoms with Gasteiger partial charge in [-0.15, -0.1) is 0 Å². The molecule has 0 heterocycles. The van der Waals surface area contributed by atoms with Gasteiger partial charge in [0.1, 0.15) is 5.75 Å². The first-order chi connectivity index (χ1) is 5.83. The fourth-order valence-electron chi connectivity index (χ4n) is 1.08. The van der Waals surface area contributed by atoms with E-state index in [9.17, 15) is 0 Å². The highest BCUT2D eigenvalue weighted by molar-refractivity contribution is 5.26. The minimum atomic E-state index is 0.339. The van der Waals surface area contributed by atoms with Gasteiger partial charge < -0.3 is 10.4 Å². The molecule has 0 unspecified atom stereocenters. The van der Waals surface area contributed by atoms with Crippen LogP contribution in [-0.2, 0) is 6.54 Å². The quantitative estimate of drug-likeness (QED) is 0.668. The standard InChI is InChI=1S/C10H15NO/c1-2-6-11-8-9-4-3-5-10(12)7-9/h3-5,7,11-12H,2,6,8H2,1H3. The molecule has 0 amide bonds. The van der Waals surface area contributed by atoms with Gasteiger partial charge in [0.25, 0.3) is 0 Å². The van der Waals surface area contributed by atoms with Crippen molar-refractivity contribution in [1.82, 2.24) is 5.32 Å². The van der Waals surface area contributed by atoms with Gasteiger partial charge in [0.15, 0.2) is 0 Å². The number of nitrogens with one attached hydrogen (secondary N) is 1. The van der Waals surface area contributed by atoms with Crippen LogP contribution in [0.3, 0.4) is 0 Å². The molecular formula is C10H15NO. The summed E-state index contributed by atoms with van der Waals surface area (Å²) in [5.74, 6) is 0.339. The molecule has 2 N–H and O–H groups in total. The lowest BCUT2D eigenvalue weighted by atomic mass is 10.2. The molecule has 66 valence electrons. The molecule has 0 aromatic heterocycles. The van der Waals surface area contributed by atoms with E-state index in [-0.39, 0.29) is 0 Å². The largest absolute Gasteiger partial charge is 0.508 e. The van der Waals surface area contributed by atoms with E-state index in [0.29, 0.717) is 5.75 Å². The highest BCUT2D eigenvalue weighted by Crippen LogP contribution is 2.10. The maximum absolute atomic E-state index is 9.14. The Hall–Kier alpha value is -1.02. The smallest absolute Gasteiger partial charge is 0.115 e. The summed E-state index contributed by atoms with van der Waals surface area (Å²) in [6.07, 6.45) is 1.14. The molecule has 1 aromatic carbocycles. The average Bonchev–Trinajstić information content (AvgIpc) is 2.05. The molecule has 0 fully saturated rings. The zero-order valence-electron chi connectivity index (χ0n) is 7.38. The number of hydrogen-bond acceptors (Lipinski definition) is 2. The van der Waals surface area contributed by atoms with Crippen molar-refractivity contribution >= 4 is 0 Å². The van der Waals surface area contributed by atoms with Crippen molar-refractivity contribution in [3.8, 4) is 5.75 Å². The molecule has 0 aliphatic carbocycles. The number of aromatic hydroxyl groups is 1. The van der Waals surface area contributed by atoms with E-state index in [2.05, 4.69) is 12.2 Å². The second-order valence-corrected chi connectivity index (χ2v) is 2.85. The summed E-state index contributed by atoms with van der Waals surface area (Å²) in [6, 6.07) is 7.33. The lowest BCUT2D eigenvalue weighted by Crippen LogP contribution is -2.13. The molecule has 2 heteroatoms. The Labute approximate surface area is 73.2 Å². The van der Waals surface area contributed by atoms with E-state index in [0.717, 1.165) is 25.1 Å². The molecule has 1 rings (SSSR count). The lowest BCUT2D eigenvalue weighted by Gasteiger charge is -2.02. The summed E-state index contributed by atoms with van der Waals surface area (Å²) in [6.45, 7) is 3.99. The van der Waals surface area contributed by atoms with Gasteiger partial charge >= 0.3 is 0 Å². The maximum atomic E-state index is 9.14. The van der Waals surface area contributed by atoms with E-state index in [4.69, 9.17) is 5.11 Å². The second-order valence-electron chi connectivity index (χ2n) is 2.85. The molecular weight excluding hydrogens is 150 g/mol. The molecule has 0 bridgehead atoms. The number of rotatable bonds is 4. The summed E-state index contributed by atoms with van der Waals surface area (Å²) in [4.78, 5) is 0. The molecule has 0 saturated carbocycles. The third-order valence-electron chi connectivity index (χ3n) is 1.67. The van der Waals surface area contributed by atoms with Crippen molar-refractivity contribution in [3.05, 3.63) is 29.8 Å². The Morgan fingerprint density at radius 2 is 2.25 bits per heavy atom. The van der Waals surface area contributed by atoms with E-state index < -0.39 is 0 Å². The minimum Gasteiger partial charge on any atom is -0.508 e. The summed E-state index contributed by atoms with van der Waals surface area (Å²) in [5, 5.41) is 12.4. The van der Waals surface area contributed by atoms with Crippen LogP contribution >= 0.6 is 0 Å². The van der Waals surface area contributed by atoms with Crippen molar-refractivity contribution in [2.45, 2.75) is 19.9 Å². The first kappa shape index (κ1) is 9.07. The summed E-state index contributed by atoms with van der Waals surface area (Å²) < 4.78 is 0. The van der Waals surface area contributed by atoms with E-state index >= 15 is 0 Å². The number of hydrogen-bond donors (Lipinski definition) is 2. The van der Waals surface area contributed by atoms with Crippen LogP contribution in [0, 0.1) is 0 Å². The molecule has 0 aliphatic rings. The van der Waals surface area contributed by atoms with E-state index in [1.165, 1.54) is 0 Å². The first-order valence-electron chi connectivity index (χ1n) is 4.31. The molecule has 0 saturated heterocycles. The first-order valence-corrected chi connectivity index (χ1v) is 4.31. The molecule has 0 aliphatic heterocycles. The van der Waals surface area contributed by atoms with E-state index in [1.54, 1.807) is 12.1 Å². The topological polar surface area (TPSA) is 32.3 Å². The highest BCUT2D eigenvalue weighted by atomic mass is 16.3. The van der Waals surface area contributed by atoms with Crippen molar-refractivity contribution in [2.24, 2.45) is 0 Å². The highest BCUT2D eigenvalue weighted by Gasteiger charge is 1.92. The van der Waals surface area contributed by atoms with Gasteiger partial charge in [0.2, 0.25) is 0 Å². The van der Waals surface area contributed by atoms with Gasteiger partial charge in [-0.25, -0.2) is 0 Å². The number of phenols is 1. The van der Waals surface area contributed by atoms with Gasteiger partial charge in [-0.2, -0.15) is 0 Å². The summed E-state index contributed by atoms with van der Waals surface area (Å²) in [7, 11) is 0. The Bertz CT molecular complexity index is 235. The van der Waals surface area contributed by atoms with Crippen molar-refractivity contribution in [3.63, 3.8) is 0 Å². The Morgan fingerprint density at radius 3 is 2.92 bits per heavy atom. The van der Waals surface area contributed by atoms with Crippen molar-refractivity contribution in [1.29, 1.82) is 0 Å². The van der Waals surface area contributed by atoms with Crippen LogP contribution in [0.1, 0.15) is 18.9 Å². The Balaban J connectivity index is 2.41. The van der Waals surface area contributed by atoms with Gasteiger partial charge in [0, 0.05) is 6.54 Å². The monoisotopic (exact) mass is 165 g/mol.